The van der Waals surface area contributed by atoms with E-state index in [1.165, 1.54) is 11.3 Å². The topological polar surface area (TPSA) is 21.3 Å². The van der Waals surface area contributed by atoms with E-state index in [0.29, 0.717) is 0 Å². The summed E-state index contributed by atoms with van der Waals surface area (Å²) in [5.74, 6) is 2.64. The van der Waals surface area contributed by atoms with Crippen LogP contribution in [0, 0.1) is 12.3 Å². The molecule has 0 fully saturated rings. The Morgan fingerprint density at radius 2 is 2.19 bits per heavy atom. The molecule has 2 heteroatoms. The van der Waals surface area contributed by atoms with E-state index in [1.807, 2.05) is 6.07 Å². The molecule has 2 nitrogen and oxygen atoms in total. The number of hydrogen-bond donors (Lipinski definition) is 1. The molecule has 0 spiro atoms. The minimum Gasteiger partial charge on any atom is -0.385 e. The van der Waals surface area contributed by atoms with Crippen LogP contribution in [-0.2, 0) is 11.2 Å². The minimum atomic E-state index is 0.753. The standard InChI is InChI=1S/C14H19NO/c1-3-4-7-11-15-14-9-6-5-8-13(14)10-12-16-2/h1,5-6,8-9,15H,4,7,10-12H2,2H3. The highest BCUT2D eigenvalue weighted by Gasteiger charge is 2.00. The van der Waals surface area contributed by atoms with Gasteiger partial charge in [0, 0.05) is 25.8 Å². The van der Waals surface area contributed by atoms with E-state index in [4.69, 9.17) is 11.2 Å². The summed E-state index contributed by atoms with van der Waals surface area (Å²) in [4.78, 5) is 0. The van der Waals surface area contributed by atoms with Crippen molar-refractivity contribution in [2.75, 3.05) is 25.6 Å². The van der Waals surface area contributed by atoms with E-state index in [1.54, 1.807) is 7.11 Å². The molecule has 1 N–H and O–H groups in total. The van der Waals surface area contributed by atoms with Gasteiger partial charge in [-0.15, -0.1) is 12.3 Å². The number of ether oxygens (including phenoxy) is 1. The molecular weight excluding hydrogens is 198 g/mol. The van der Waals surface area contributed by atoms with Gasteiger partial charge in [0.05, 0.1) is 6.61 Å². The second-order valence-electron chi connectivity index (χ2n) is 3.63. The zero-order valence-corrected chi connectivity index (χ0v) is 9.83. The van der Waals surface area contributed by atoms with Gasteiger partial charge in [-0.05, 0) is 24.5 Å². The molecule has 1 rings (SSSR count). The normalized spacial score (nSPS) is 9.75. The number of anilines is 1. The quantitative estimate of drug-likeness (QED) is 0.560. The molecule has 86 valence electrons. The van der Waals surface area contributed by atoms with Gasteiger partial charge >= 0.3 is 0 Å². The van der Waals surface area contributed by atoms with Crippen molar-refractivity contribution in [1.82, 2.24) is 0 Å². The fourth-order valence-corrected chi connectivity index (χ4v) is 1.54. The number of methoxy groups -OCH3 is 1. The first-order chi connectivity index (χ1) is 7.88. The average molecular weight is 217 g/mol. The zero-order chi connectivity index (χ0) is 11.6. The lowest BCUT2D eigenvalue weighted by molar-refractivity contribution is 0.202. The van der Waals surface area contributed by atoms with E-state index < -0.39 is 0 Å². The van der Waals surface area contributed by atoms with Gasteiger partial charge in [-0.1, -0.05) is 18.2 Å². The van der Waals surface area contributed by atoms with Gasteiger partial charge in [-0.2, -0.15) is 0 Å². The third kappa shape index (κ3) is 4.37. The van der Waals surface area contributed by atoms with E-state index in [-0.39, 0.29) is 0 Å². The van der Waals surface area contributed by atoms with Crippen LogP contribution >= 0.6 is 0 Å². The first kappa shape index (κ1) is 12.6. The van der Waals surface area contributed by atoms with Gasteiger partial charge in [0.15, 0.2) is 0 Å². The van der Waals surface area contributed by atoms with Gasteiger partial charge in [-0.3, -0.25) is 0 Å². The summed E-state index contributed by atoms with van der Waals surface area (Å²) in [6.45, 7) is 1.68. The van der Waals surface area contributed by atoms with Crippen LogP contribution in [0.5, 0.6) is 0 Å². The summed E-state index contributed by atoms with van der Waals surface area (Å²) < 4.78 is 5.09. The Hall–Kier alpha value is -1.46. The van der Waals surface area contributed by atoms with Gasteiger partial charge < -0.3 is 10.1 Å². The van der Waals surface area contributed by atoms with Crippen molar-refractivity contribution < 1.29 is 4.74 Å². The van der Waals surface area contributed by atoms with Crippen molar-refractivity contribution in [1.29, 1.82) is 0 Å². The summed E-state index contributed by atoms with van der Waals surface area (Å²) >= 11 is 0. The maximum Gasteiger partial charge on any atom is 0.0503 e. The van der Waals surface area contributed by atoms with Crippen LogP contribution in [0.3, 0.4) is 0 Å². The highest BCUT2D eigenvalue weighted by molar-refractivity contribution is 5.51. The van der Waals surface area contributed by atoms with Gasteiger partial charge in [-0.25, -0.2) is 0 Å². The number of benzene rings is 1. The van der Waals surface area contributed by atoms with E-state index >= 15 is 0 Å². The fourth-order valence-electron chi connectivity index (χ4n) is 1.54. The monoisotopic (exact) mass is 217 g/mol. The smallest absolute Gasteiger partial charge is 0.0503 e. The summed E-state index contributed by atoms with van der Waals surface area (Å²) in [7, 11) is 1.73. The van der Waals surface area contributed by atoms with Crippen LogP contribution in [0.15, 0.2) is 24.3 Å². The van der Waals surface area contributed by atoms with Crippen molar-refractivity contribution >= 4 is 5.69 Å². The fraction of sp³-hybridized carbons (Fsp3) is 0.429. The Morgan fingerprint density at radius 1 is 1.38 bits per heavy atom. The van der Waals surface area contributed by atoms with Gasteiger partial charge in [0.1, 0.15) is 0 Å². The molecule has 0 heterocycles. The maximum atomic E-state index is 5.21. The Balaban J connectivity index is 2.47. The Kier molecular flexibility index (Phi) is 6.13. The van der Waals surface area contributed by atoms with E-state index in [2.05, 4.69) is 29.4 Å². The third-order valence-electron chi connectivity index (χ3n) is 2.41. The molecule has 1 aromatic rings. The molecule has 0 bridgehead atoms. The minimum absolute atomic E-state index is 0.753. The SMILES string of the molecule is C#CCCCNc1ccccc1CCOC. The van der Waals surface area contributed by atoms with Crippen molar-refractivity contribution in [3.8, 4) is 12.3 Å². The Labute approximate surface area is 98.0 Å². The Morgan fingerprint density at radius 3 is 2.94 bits per heavy atom. The van der Waals surface area contributed by atoms with Crippen molar-refractivity contribution in [3.05, 3.63) is 29.8 Å². The van der Waals surface area contributed by atoms with Crippen LogP contribution in [-0.4, -0.2) is 20.3 Å². The predicted molar refractivity (Wildman–Crippen MR) is 68.6 cm³/mol. The molecule has 0 atom stereocenters. The summed E-state index contributed by atoms with van der Waals surface area (Å²) in [6.07, 6.45) is 7.98. The zero-order valence-electron chi connectivity index (χ0n) is 9.83. The highest BCUT2D eigenvalue weighted by Crippen LogP contribution is 2.15. The molecular formula is C14H19NO. The molecule has 0 unspecified atom stereocenters. The van der Waals surface area contributed by atoms with Gasteiger partial charge in [0.2, 0.25) is 0 Å². The molecule has 0 saturated heterocycles. The summed E-state index contributed by atoms with van der Waals surface area (Å²) in [5, 5.41) is 3.41. The van der Waals surface area contributed by atoms with Crippen LogP contribution in [0.2, 0.25) is 0 Å². The summed E-state index contributed by atoms with van der Waals surface area (Å²) in [6, 6.07) is 8.32. The number of para-hydroxylation sites is 1. The highest BCUT2D eigenvalue weighted by atomic mass is 16.5. The lowest BCUT2D eigenvalue weighted by Crippen LogP contribution is -2.05. The average Bonchev–Trinajstić information content (AvgIpc) is 2.33. The molecule has 0 aromatic heterocycles. The van der Waals surface area contributed by atoms with Crippen LogP contribution in [0.4, 0.5) is 5.69 Å². The number of rotatable bonds is 7. The van der Waals surface area contributed by atoms with Gasteiger partial charge in [0.25, 0.3) is 0 Å². The lowest BCUT2D eigenvalue weighted by atomic mass is 10.1. The number of hydrogen-bond acceptors (Lipinski definition) is 2. The maximum absolute atomic E-state index is 5.21. The molecule has 0 aliphatic heterocycles. The molecule has 0 aliphatic carbocycles. The van der Waals surface area contributed by atoms with Crippen LogP contribution < -0.4 is 5.32 Å². The van der Waals surface area contributed by atoms with Crippen LogP contribution in [0.25, 0.3) is 0 Å². The molecule has 0 aliphatic rings. The number of terminal acetylenes is 1. The first-order valence-corrected chi connectivity index (χ1v) is 5.62. The predicted octanol–water partition coefficient (Wildman–Crippen LogP) is 2.70. The second-order valence-corrected chi connectivity index (χ2v) is 3.63. The third-order valence-corrected chi connectivity index (χ3v) is 2.41. The lowest BCUT2D eigenvalue weighted by Gasteiger charge is -2.11. The van der Waals surface area contributed by atoms with Crippen molar-refractivity contribution in [2.45, 2.75) is 19.3 Å². The molecule has 1 aromatic carbocycles. The van der Waals surface area contributed by atoms with E-state index in [0.717, 1.165) is 32.4 Å². The first-order valence-electron chi connectivity index (χ1n) is 5.62. The Bertz CT molecular complexity index is 341. The second kappa shape index (κ2) is 7.78. The van der Waals surface area contributed by atoms with Crippen molar-refractivity contribution in [3.63, 3.8) is 0 Å². The van der Waals surface area contributed by atoms with Crippen molar-refractivity contribution in [2.24, 2.45) is 0 Å². The largest absolute Gasteiger partial charge is 0.385 e. The molecule has 0 amide bonds. The molecule has 16 heavy (non-hydrogen) atoms. The van der Waals surface area contributed by atoms with Crippen LogP contribution in [0.1, 0.15) is 18.4 Å². The molecule has 0 radical (unpaired) electrons. The summed E-state index contributed by atoms with van der Waals surface area (Å²) in [5.41, 5.74) is 2.49. The van der Waals surface area contributed by atoms with E-state index in [9.17, 15) is 0 Å². The number of nitrogens with one attached hydrogen (secondary N) is 1. The number of unbranched alkanes of at least 4 members (excludes halogenated alkanes) is 1. The molecule has 0 saturated carbocycles.